The first-order valence-corrected chi connectivity index (χ1v) is 6.38. The van der Waals surface area contributed by atoms with Gasteiger partial charge in [0, 0.05) is 19.2 Å². The molecule has 0 spiro atoms. The van der Waals surface area contributed by atoms with E-state index in [1.54, 1.807) is 6.07 Å². The number of halogens is 1. The molecule has 0 fully saturated rings. The van der Waals surface area contributed by atoms with Crippen molar-refractivity contribution in [3.8, 4) is 0 Å². The van der Waals surface area contributed by atoms with Gasteiger partial charge in [-0.25, -0.2) is 4.39 Å². The van der Waals surface area contributed by atoms with E-state index in [1.807, 2.05) is 43.1 Å². The quantitative estimate of drug-likeness (QED) is 0.663. The van der Waals surface area contributed by atoms with E-state index >= 15 is 0 Å². The molecule has 4 heteroatoms. The maximum absolute atomic E-state index is 13.2. The van der Waals surface area contributed by atoms with Crippen LogP contribution in [0.25, 0.3) is 0 Å². The van der Waals surface area contributed by atoms with Crippen molar-refractivity contribution < 1.29 is 4.39 Å². The zero-order valence-corrected chi connectivity index (χ0v) is 11.7. The average Bonchev–Trinajstić information content (AvgIpc) is 2.38. The second-order valence-corrected chi connectivity index (χ2v) is 4.87. The standard InChI is InChI=1S/C16H18FN3/c1-11-5-3-8-14(16(18)19)15(11)20(2)10-12-6-4-7-13(17)9-12/h3-9H,10H2,1-2H3,(H3,18,19). The van der Waals surface area contributed by atoms with Gasteiger partial charge >= 0.3 is 0 Å². The summed E-state index contributed by atoms with van der Waals surface area (Å²) in [4.78, 5) is 1.99. The summed E-state index contributed by atoms with van der Waals surface area (Å²) in [5.74, 6) is -0.206. The highest BCUT2D eigenvalue weighted by atomic mass is 19.1. The zero-order valence-electron chi connectivity index (χ0n) is 11.7. The number of rotatable bonds is 4. The molecule has 0 heterocycles. The topological polar surface area (TPSA) is 53.1 Å². The number of para-hydroxylation sites is 1. The molecule has 0 aliphatic rings. The second-order valence-electron chi connectivity index (χ2n) is 4.87. The normalized spacial score (nSPS) is 10.3. The molecular formula is C16H18FN3. The number of aryl methyl sites for hydroxylation is 1. The number of anilines is 1. The molecule has 2 aromatic rings. The molecule has 2 aromatic carbocycles. The Kier molecular flexibility index (Phi) is 4.03. The van der Waals surface area contributed by atoms with E-state index in [2.05, 4.69) is 0 Å². The highest BCUT2D eigenvalue weighted by molar-refractivity contribution is 6.01. The predicted octanol–water partition coefficient (Wildman–Crippen LogP) is 3.05. The summed E-state index contributed by atoms with van der Waals surface area (Å²) in [5, 5.41) is 7.67. The lowest BCUT2D eigenvalue weighted by Crippen LogP contribution is -2.23. The van der Waals surface area contributed by atoms with Gasteiger partial charge in [0.05, 0.1) is 5.69 Å². The Hall–Kier alpha value is -2.36. The molecule has 0 aromatic heterocycles. The van der Waals surface area contributed by atoms with E-state index in [0.29, 0.717) is 12.1 Å². The summed E-state index contributed by atoms with van der Waals surface area (Å²) >= 11 is 0. The van der Waals surface area contributed by atoms with Gasteiger partial charge in [-0.05, 0) is 36.2 Å². The van der Waals surface area contributed by atoms with E-state index < -0.39 is 0 Å². The molecule has 0 aliphatic carbocycles. The highest BCUT2D eigenvalue weighted by Gasteiger charge is 2.12. The van der Waals surface area contributed by atoms with Gasteiger partial charge in [-0.1, -0.05) is 24.3 Å². The molecule has 0 bridgehead atoms. The number of nitrogen functional groups attached to an aromatic ring is 1. The number of amidine groups is 1. The third kappa shape index (κ3) is 2.96. The van der Waals surface area contributed by atoms with E-state index in [4.69, 9.17) is 11.1 Å². The van der Waals surface area contributed by atoms with E-state index in [-0.39, 0.29) is 11.7 Å². The van der Waals surface area contributed by atoms with Crippen LogP contribution in [0.5, 0.6) is 0 Å². The van der Waals surface area contributed by atoms with Crippen LogP contribution in [0.15, 0.2) is 42.5 Å². The largest absolute Gasteiger partial charge is 0.384 e. The summed E-state index contributed by atoms with van der Waals surface area (Å²) in [7, 11) is 1.92. The van der Waals surface area contributed by atoms with Crippen LogP contribution in [0.3, 0.4) is 0 Å². The van der Waals surface area contributed by atoms with Crippen molar-refractivity contribution in [1.29, 1.82) is 5.41 Å². The number of hydrogen-bond acceptors (Lipinski definition) is 2. The Balaban J connectivity index is 2.34. The van der Waals surface area contributed by atoms with Gasteiger partial charge in [-0.2, -0.15) is 0 Å². The Morgan fingerprint density at radius 2 is 1.95 bits per heavy atom. The van der Waals surface area contributed by atoms with Crippen molar-refractivity contribution in [3.05, 3.63) is 65.0 Å². The molecule has 0 saturated carbocycles. The van der Waals surface area contributed by atoms with Gasteiger partial charge in [0.25, 0.3) is 0 Å². The molecule has 3 N–H and O–H groups in total. The predicted molar refractivity (Wildman–Crippen MR) is 80.7 cm³/mol. The van der Waals surface area contributed by atoms with Crippen molar-refractivity contribution >= 4 is 11.5 Å². The molecule has 2 rings (SSSR count). The van der Waals surface area contributed by atoms with Crippen molar-refractivity contribution in [2.24, 2.45) is 5.73 Å². The van der Waals surface area contributed by atoms with Crippen LogP contribution in [-0.2, 0) is 6.54 Å². The van der Waals surface area contributed by atoms with Crippen LogP contribution in [0.4, 0.5) is 10.1 Å². The fourth-order valence-electron chi connectivity index (χ4n) is 2.37. The number of benzene rings is 2. The second kappa shape index (κ2) is 5.74. The minimum atomic E-state index is -0.243. The minimum absolute atomic E-state index is 0.0368. The highest BCUT2D eigenvalue weighted by Crippen LogP contribution is 2.25. The molecule has 0 saturated heterocycles. The lowest BCUT2D eigenvalue weighted by Gasteiger charge is -2.24. The zero-order chi connectivity index (χ0) is 14.7. The monoisotopic (exact) mass is 271 g/mol. The van der Waals surface area contributed by atoms with Gasteiger partial charge in [-0.3, -0.25) is 5.41 Å². The first-order valence-electron chi connectivity index (χ1n) is 6.38. The third-order valence-electron chi connectivity index (χ3n) is 3.22. The van der Waals surface area contributed by atoms with Crippen LogP contribution in [0, 0.1) is 18.2 Å². The molecule has 0 atom stereocenters. The van der Waals surface area contributed by atoms with Gasteiger partial charge in [-0.15, -0.1) is 0 Å². The van der Waals surface area contributed by atoms with E-state index in [9.17, 15) is 4.39 Å². The summed E-state index contributed by atoms with van der Waals surface area (Å²) < 4.78 is 13.2. The molecule has 0 amide bonds. The lowest BCUT2D eigenvalue weighted by molar-refractivity contribution is 0.625. The fraction of sp³-hybridized carbons (Fsp3) is 0.188. The van der Waals surface area contributed by atoms with Gasteiger partial charge in [0.1, 0.15) is 11.7 Å². The maximum Gasteiger partial charge on any atom is 0.124 e. The van der Waals surface area contributed by atoms with E-state index in [1.165, 1.54) is 12.1 Å². The smallest absolute Gasteiger partial charge is 0.124 e. The summed E-state index contributed by atoms with van der Waals surface area (Å²) in [6, 6.07) is 12.2. The molecular weight excluding hydrogens is 253 g/mol. The number of nitrogens with two attached hydrogens (primary N) is 1. The van der Waals surface area contributed by atoms with Gasteiger partial charge < -0.3 is 10.6 Å². The lowest BCUT2D eigenvalue weighted by atomic mass is 10.1. The first kappa shape index (κ1) is 14.1. The minimum Gasteiger partial charge on any atom is -0.384 e. The maximum atomic E-state index is 13.2. The Morgan fingerprint density at radius 3 is 2.60 bits per heavy atom. The van der Waals surface area contributed by atoms with Gasteiger partial charge in [0.2, 0.25) is 0 Å². The van der Waals surface area contributed by atoms with Crippen LogP contribution in [0.1, 0.15) is 16.7 Å². The Labute approximate surface area is 118 Å². The van der Waals surface area contributed by atoms with Crippen molar-refractivity contribution in [3.63, 3.8) is 0 Å². The summed E-state index contributed by atoms with van der Waals surface area (Å²) in [6.45, 7) is 2.53. The van der Waals surface area contributed by atoms with Crippen LogP contribution >= 0.6 is 0 Å². The molecule has 0 aliphatic heterocycles. The first-order chi connectivity index (χ1) is 9.49. The Morgan fingerprint density at radius 1 is 1.25 bits per heavy atom. The van der Waals surface area contributed by atoms with Crippen LogP contribution in [-0.4, -0.2) is 12.9 Å². The van der Waals surface area contributed by atoms with Crippen molar-refractivity contribution in [1.82, 2.24) is 0 Å². The van der Waals surface area contributed by atoms with E-state index in [0.717, 1.165) is 16.8 Å². The number of nitrogens with one attached hydrogen (secondary N) is 1. The van der Waals surface area contributed by atoms with Crippen molar-refractivity contribution in [2.45, 2.75) is 13.5 Å². The van der Waals surface area contributed by atoms with Crippen LogP contribution in [0.2, 0.25) is 0 Å². The molecule has 0 radical (unpaired) electrons. The Bertz CT molecular complexity index is 637. The molecule has 20 heavy (non-hydrogen) atoms. The van der Waals surface area contributed by atoms with Gasteiger partial charge in [0.15, 0.2) is 0 Å². The number of hydrogen-bond donors (Lipinski definition) is 2. The summed E-state index contributed by atoms with van der Waals surface area (Å²) in [6.07, 6.45) is 0. The fourth-order valence-corrected chi connectivity index (χ4v) is 2.37. The summed E-state index contributed by atoms with van der Waals surface area (Å²) in [5.41, 5.74) is 9.16. The molecule has 104 valence electrons. The number of nitrogens with zero attached hydrogens (tertiary/aromatic N) is 1. The third-order valence-corrected chi connectivity index (χ3v) is 3.22. The SMILES string of the molecule is Cc1cccc(C(=N)N)c1N(C)Cc1cccc(F)c1. The molecule has 0 unspecified atom stereocenters. The van der Waals surface area contributed by atoms with Crippen LogP contribution < -0.4 is 10.6 Å². The average molecular weight is 271 g/mol. The molecule has 3 nitrogen and oxygen atoms in total. The van der Waals surface area contributed by atoms with Crippen molar-refractivity contribution in [2.75, 3.05) is 11.9 Å².